The van der Waals surface area contributed by atoms with Crippen LogP contribution in [0.2, 0.25) is 0 Å². The molecule has 2 N–H and O–H groups in total. The molecule has 124 valence electrons. The van der Waals surface area contributed by atoms with Crippen LogP contribution in [-0.2, 0) is 17.5 Å². The molecule has 0 spiro atoms. The summed E-state index contributed by atoms with van der Waals surface area (Å²) in [6.07, 6.45) is -3.66. The fourth-order valence-corrected chi connectivity index (χ4v) is 2.33. The van der Waals surface area contributed by atoms with E-state index in [0.29, 0.717) is 24.9 Å². The van der Waals surface area contributed by atoms with Crippen LogP contribution < -0.4 is 5.32 Å². The number of hydrogen-bond donors (Lipinski definition) is 2. The maximum atomic E-state index is 12.4. The first-order valence-electron chi connectivity index (χ1n) is 7.07. The molecular weight excluding hydrogens is 313 g/mol. The van der Waals surface area contributed by atoms with Crippen LogP contribution in [0.1, 0.15) is 35.5 Å². The van der Waals surface area contributed by atoms with Gasteiger partial charge in [0.2, 0.25) is 0 Å². The zero-order valence-corrected chi connectivity index (χ0v) is 12.3. The van der Waals surface area contributed by atoms with E-state index in [-0.39, 0.29) is 18.3 Å². The molecule has 10 heteroatoms. The van der Waals surface area contributed by atoms with Crippen LogP contribution in [0.3, 0.4) is 0 Å². The van der Waals surface area contributed by atoms with Gasteiger partial charge in [-0.3, -0.25) is 5.10 Å². The lowest BCUT2D eigenvalue weighted by Crippen LogP contribution is -2.09. The van der Waals surface area contributed by atoms with Gasteiger partial charge in [0, 0.05) is 18.6 Å². The molecular formula is C13H15F3N6O. The van der Waals surface area contributed by atoms with Gasteiger partial charge in [0.25, 0.3) is 5.82 Å². The predicted molar refractivity (Wildman–Crippen MR) is 73.7 cm³/mol. The highest BCUT2D eigenvalue weighted by Gasteiger charge is 2.35. The summed E-state index contributed by atoms with van der Waals surface area (Å²) in [5.41, 5.74) is 0.867. The molecule has 0 aromatic carbocycles. The summed E-state index contributed by atoms with van der Waals surface area (Å²) in [5.74, 6) is 0.241. The highest BCUT2D eigenvalue weighted by atomic mass is 19.4. The normalized spacial score (nSPS) is 18.3. The molecule has 0 aliphatic carbocycles. The number of halogens is 3. The van der Waals surface area contributed by atoms with Crippen LogP contribution in [0.4, 0.5) is 19.0 Å². The SMILES string of the molecule is Cc1nc(NCc2nc(C(F)(F)F)n[nH]2)cc([C@@H]2CCOC2)n1. The van der Waals surface area contributed by atoms with Crippen molar-refractivity contribution >= 4 is 5.82 Å². The third kappa shape index (κ3) is 3.76. The van der Waals surface area contributed by atoms with Crippen LogP contribution in [0.25, 0.3) is 0 Å². The summed E-state index contributed by atoms with van der Waals surface area (Å²) in [5, 5.41) is 8.34. The average molecular weight is 328 g/mol. The number of nitrogens with zero attached hydrogens (tertiary/aromatic N) is 4. The van der Waals surface area contributed by atoms with E-state index in [2.05, 4.69) is 30.5 Å². The Hall–Kier alpha value is -2.23. The number of nitrogens with one attached hydrogen (secondary N) is 2. The maximum Gasteiger partial charge on any atom is 0.453 e. The zero-order valence-electron chi connectivity index (χ0n) is 12.3. The first kappa shape index (κ1) is 15.7. The molecule has 2 aromatic rings. The topological polar surface area (TPSA) is 88.6 Å². The van der Waals surface area contributed by atoms with E-state index < -0.39 is 12.0 Å². The number of ether oxygens (including phenoxy) is 1. The van der Waals surface area contributed by atoms with E-state index in [0.717, 1.165) is 12.1 Å². The molecule has 1 aliphatic heterocycles. The van der Waals surface area contributed by atoms with Crippen molar-refractivity contribution in [2.75, 3.05) is 18.5 Å². The molecule has 7 nitrogen and oxygen atoms in total. The fourth-order valence-electron chi connectivity index (χ4n) is 2.33. The van der Waals surface area contributed by atoms with Gasteiger partial charge in [-0.1, -0.05) is 0 Å². The van der Waals surface area contributed by atoms with Crippen molar-refractivity contribution in [3.05, 3.63) is 29.2 Å². The lowest BCUT2D eigenvalue weighted by Gasteiger charge is -2.11. The summed E-state index contributed by atoms with van der Waals surface area (Å²) in [4.78, 5) is 12.0. The van der Waals surface area contributed by atoms with Gasteiger partial charge in [0.1, 0.15) is 17.5 Å². The summed E-state index contributed by atoms with van der Waals surface area (Å²) < 4.78 is 42.7. The van der Waals surface area contributed by atoms with E-state index in [1.54, 1.807) is 13.0 Å². The smallest absolute Gasteiger partial charge is 0.381 e. The Morgan fingerprint density at radius 2 is 2.17 bits per heavy atom. The Bertz CT molecular complexity index is 681. The third-order valence-corrected chi connectivity index (χ3v) is 3.43. The van der Waals surface area contributed by atoms with Crippen LogP contribution in [0, 0.1) is 6.92 Å². The van der Waals surface area contributed by atoms with E-state index in [9.17, 15) is 13.2 Å². The van der Waals surface area contributed by atoms with Gasteiger partial charge in [-0.15, -0.1) is 5.10 Å². The van der Waals surface area contributed by atoms with Gasteiger partial charge in [-0.2, -0.15) is 13.2 Å². The van der Waals surface area contributed by atoms with Crippen molar-refractivity contribution < 1.29 is 17.9 Å². The van der Waals surface area contributed by atoms with Gasteiger partial charge >= 0.3 is 6.18 Å². The number of alkyl halides is 3. The second kappa shape index (κ2) is 6.11. The number of rotatable bonds is 4. The first-order chi connectivity index (χ1) is 10.9. The minimum absolute atomic E-state index is 0.0557. The fraction of sp³-hybridized carbons (Fsp3) is 0.538. The van der Waals surface area contributed by atoms with Crippen molar-refractivity contribution in [3.8, 4) is 0 Å². The Labute approximate surface area is 129 Å². The zero-order chi connectivity index (χ0) is 16.4. The van der Waals surface area contributed by atoms with Crippen molar-refractivity contribution in [2.24, 2.45) is 0 Å². The van der Waals surface area contributed by atoms with Gasteiger partial charge in [0.15, 0.2) is 0 Å². The van der Waals surface area contributed by atoms with Gasteiger partial charge in [-0.25, -0.2) is 15.0 Å². The van der Waals surface area contributed by atoms with Crippen LogP contribution in [0.15, 0.2) is 6.07 Å². The Morgan fingerprint density at radius 1 is 1.35 bits per heavy atom. The summed E-state index contributed by atoms with van der Waals surface area (Å²) in [6.45, 7) is 3.14. The molecule has 1 aliphatic rings. The first-order valence-corrected chi connectivity index (χ1v) is 7.07. The Kier molecular flexibility index (Phi) is 4.16. The molecule has 23 heavy (non-hydrogen) atoms. The second-order valence-corrected chi connectivity index (χ2v) is 5.24. The Balaban J connectivity index is 1.69. The van der Waals surface area contributed by atoms with E-state index in [4.69, 9.17) is 4.74 Å². The molecule has 0 unspecified atom stereocenters. The van der Waals surface area contributed by atoms with Gasteiger partial charge in [0.05, 0.1) is 18.8 Å². The van der Waals surface area contributed by atoms with Gasteiger partial charge < -0.3 is 10.1 Å². The van der Waals surface area contributed by atoms with Crippen LogP contribution >= 0.6 is 0 Å². The van der Waals surface area contributed by atoms with Crippen molar-refractivity contribution in [2.45, 2.75) is 32.0 Å². The molecule has 3 heterocycles. The maximum absolute atomic E-state index is 12.4. The molecule has 1 atom stereocenters. The van der Waals surface area contributed by atoms with Crippen molar-refractivity contribution in [1.82, 2.24) is 25.1 Å². The molecule has 1 saturated heterocycles. The van der Waals surface area contributed by atoms with E-state index in [1.165, 1.54) is 0 Å². The average Bonchev–Trinajstić information content (AvgIpc) is 3.15. The quantitative estimate of drug-likeness (QED) is 0.893. The molecule has 1 fully saturated rings. The number of H-pyrrole nitrogens is 1. The summed E-state index contributed by atoms with van der Waals surface area (Å²) in [7, 11) is 0. The number of aromatic nitrogens is 5. The second-order valence-electron chi connectivity index (χ2n) is 5.24. The molecule has 2 aromatic heterocycles. The Morgan fingerprint density at radius 3 is 2.83 bits per heavy atom. The van der Waals surface area contributed by atoms with E-state index >= 15 is 0 Å². The molecule has 0 amide bonds. The van der Waals surface area contributed by atoms with Crippen LogP contribution in [0.5, 0.6) is 0 Å². The highest BCUT2D eigenvalue weighted by molar-refractivity contribution is 5.37. The van der Waals surface area contributed by atoms with E-state index in [1.807, 2.05) is 0 Å². The summed E-state index contributed by atoms with van der Waals surface area (Å²) >= 11 is 0. The largest absolute Gasteiger partial charge is 0.453 e. The van der Waals surface area contributed by atoms with Crippen molar-refractivity contribution in [1.29, 1.82) is 0 Å². The molecule has 0 saturated carbocycles. The predicted octanol–water partition coefficient (Wildman–Crippen LogP) is 2.04. The lowest BCUT2D eigenvalue weighted by molar-refractivity contribution is -0.144. The number of anilines is 1. The third-order valence-electron chi connectivity index (χ3n) is 3.43. The molecule has 3 rings (SSSR count). The standard InChI is InChI=1S/C13H15F3N6O/c1-7-18-9(8-2-3-23-6-8)4-10(19-7)17-5-11-20-12(22-21-11)13(14,15)16/h4,8H,2-3,5-6H2,1H3,(H,17,18,19)(H,20,21,22)/t8-/m1/s1. The van der Waals surface area contributed by atoms with Gasteiger partial charge in [-0.05, 0) is 13.3 Å². The lowest BCUT2D eigenvalue weighted by atomic mass is 10.0. The minimum Gasteiger partial charge on any atom is -0.381 e. The number of aryl methyl sites for hydroxylation is 1. The summed E-state index contributed by atoms with van der Waals surface area (Å²) in [6, 6.07) is 1.79. The van der Waals surface area contributed by atoms with Crippen molar-refractivity contribution in [3.63, 3.8) is 0 Å². The monoisotopic (exact) mass is 328 g/mol. The minimum atomic E-state index is -4.56. The highest BCUT2D eigenvalue weighted by Crippen LogP contribution is 2.26. The number of hydrogen-bond acceptors (Lipinski definition) is 6. The molecule has 0 radical (unpaired) electrons. The number of aromatic amines is 1. The molecule has 0 bridgehead atoms. The van der Waals surface area contributed by atoms with Crippen LogP contribution in [-0.4, -0.2) is 38.4 Å².